The largest absolute Gasteiger partial charge is 0.400 e. The van der Waals surface area contributed by atoms with Crippen molar-refractivity contribution in [3.05, 3.63) is 0 Å². The van der Waals surface area contributed by atoms with Crippen molar-refractivity contribution in [2.24, 2.45) is 0 Å². The zero-order valence-electron chi connectivity index (χ0n) is 23.2. The third kappa shape index (κ3) is 19.8. The van der Waals surface area contributed by atoms with Gasteiger partial charge < -0.3 is 64.6 Å². The summed E-state index contributed by atoms with van der Waals surface area (Å²) in [5.41, 5.74) is 0. The number of nitrogens with one attached hydrogen (secondary N) is 2. The summed E-state index contributed by atoms with van der Waals surface area (Å²) in [6, 6.07) is 0. The van der Waals surface area contributed by atoms with Crippen LogP contribution in [0, 0.1) is 0 Å². The van der Waals surface area contributed by atoms with Crippen molar-refractivity contribution < 1.29 is 63.6 Å². The van der Waals surface area contributed by atoms with E-state index in [4.69, 9.17) is 43.8 Å². The van der Waals surface area contributed by atoms with Crippen LogP contribution in [0.5, 0.6) is 0 Å². The van der Waals surface area contributed by atoms with Crippen LogP contribution in [-0.4, -0.2) is 148 Å². The number of aliphatic hydroxyl groups is 5. The fraction of sp³-hybridized carbons (Fsp3) is 0.875. The highest BCUT2D eigenvalue weighted by Crippen LogP contribution is 2.21. The van der Waals surface area contributed by atoms with E-state index in [1.54, 1.807) is 7.05 Å². The van der Waals surface area contributed by atoms with E-state index < -0.39 is 31.2 Å². The Hall–Kier alpha value is -1.79. The van der Waals surface area contributed by atoms with Crippen LogP contribution >= 0.6 is 0 Å². The molecule has 0 bridgehead atoms. The zero-order chi connectivity index (χ0) is 30.1. The van der Waals surface area contributed by atoms with E-state index in [0.29, 0.717) is 26.4 Å². The summed E-state index contributed by atoms with van der Waals surface area (Å²) >= 11 is 0. The molecule has 0 aromatic carbocycles. The van der Waals surface area contributed by atoms with E-state index >= 15 is 0 Å². The minimum atomic E-state index is -1.13. The standard InChI is InChI=1S/C19H35NO10.C3H7NO.CH4O.CH2O/c21-11-14-2-1-13(29-14)10-20-17(24)3-4-26-5-6-27-7-8-28-18-9-15(23)19(25)16(12-22)30-18;1-3(5)4-2;2*1-2/h13-16,18-19,21-23,25H,1-12H2,(H,20,24);1-2H3,(H,4,5);2H,1H3;1H2. The second kappa shape index (κ2) is 26.4. The van der Waals surface area contributed by atoms with Crippen molar-refractivity contribution in [2.45, 2.75) is 69.4 Å². The summed E-state index contributed by atoms with van der Waals surface area (Å²) in [7, 11) is 2.60. The monoisotopic (exact) mass is 572 g/mol. The van der Waals surface area contributed by atoms with Crippen LogP contribution in [0.4, 0.5) is 0 Å². The van der Waals surface area contributed by atoms with Gasteiger partial charge in [0.1, 0.15) is 19.0 Å². The molecule has 0 saturated carbocycles. The number of aliphatic hydroxyl groups excluding tert-OH is 5. The summed E-state index contributed by atoms with van der Waals surface area (Å²) in [6.07, 6.45) is -1.84. The molecule has 6 atom stereocenters. The fourth-order valence-electron chi connectivity index (χ4n) is 3.28. The van der Waals surface area contributed by atoms with Crippen LogP contribution < -0.4 is 10.6 Å². The lowest BCUT2D eigenvalue weighted by molar-refractivity contribution is -0.259. The normalized spacial score (nSPS) is 25.5. The summed E-state index contributed by atoms with van der Waals surface area (Å²) in [6.45, 7) is 5.02. The first-order valence-electron chi connectivity index (χ1n) is 12.6. The molecule has 15 heteroatoms. The summed E-state index contributed by atoms with van der Waals surface area (Å²) < 4.78 is 27.0. The molecule has 15 nitrogen and oxygen atoms in total. The van der Waals surface area contributed by atoms with Crippen molar-refractivity contribution in [1.29, 1.82) is 0 Å². The van der Waals surface area contributed by atoms with Crippen molar-refractivity contribution in [1.82, 2.24) is 10.6 Å². The van der Waals surface area contributed by atoms with Crippen molar-refractivity contribution >= 4 is 18.6 Å². The van der Waals surface area contributed by atoms with Gasteiger partial charge in [0.2, 0.25) is 11.8 Å². The smallest absolute Gasteiger partial charge is 0.222 e. The molecule has 6 unspecified atom stereocenters. The number of hydrogen-bond acceptors (Lipinski definition) is 13. The lowest BCUT2D eigenvalue weighted by atomic mass is 10.0. The third-order valence-electron chi connectivity index (χ3n) is 5.37. The number of ether oxygens (including phenoxy) is 5. The molecule has 2 aliphatic rings. The molecular formula is C24H48N2O13. The average molecular weight is 573 g/mol. The first-order valence-corrected chi connectivity index (χ1v) is 12.6. The molecule has 2 aliphatic heterocycles. The second-order valence-electron chi connectivity index (χ2n) is 8.18. The molecule has 2 rings (SSSR count). The number of rotatable bonds is 14. The van der Waals surface area contributed by atoms with Gasteiger partial charge in [-0.3, -0.25) is 9.59 Å². The van der Waals surface area contributed by atoms with Crippen molar-refractivity contribution in [2.75, 3.05) is 67.0 Å². The Morgan fingerprint density at radius 3 is 2.03 bits per heavy atom. The van der Waals surface area contributed by atoms with E-state index in [0.717, 1.165) is 20.0 Å². The number of carbonyl (C=O) groups excluding carboxylic acids is 3. The lowest BCUT2D eigenvalue weighted by Gasteiger charge is -2.35. The number of carbonyl (C=O) groups is 3. The molecule has 232 valence electrons. The van der Waals surface area contributed by atoms with Crippen LogP contribution in [0.3, 0.4) is 0 Å². The Kier molecular flexibility index (Phi) is 26.7. The first-order chi connectivity index (χ1) is 18.8. The fourth-order valence-corrected chi connectivity index (χ4v) is 3.28. The van der Waals surface area contributed by atoms with Crippen LogP contribution in [0.25, 0.3) is 0 Å². The molecular weight excluding hydrogens is 524 g/mol. The summed E-state index contributed by atoms with van der Waals surface area (Å²) in [5, 5.41) is 49.7. The molecule has 2 amide bonds. The van der Waals surface area contributed by atoms with Gasteiger partial charge in [0.05, 0.1) is 64.6 Å². The average Bonchev–Trinajstić information content (AvgIpc) is 3.43. The zero-order valence-corrected chi connectivity index (χ0v) is 23.2. The van der Waals surface area contributed by atoms with Gasteiger partial charge in [0, 0.05) is 40.5 Å². The molecule has 7 N–H and O–H groups in total. The molecule has 39 heavy (non-hydrogen) atoms. The van der Waals surface area contributed by atoms with Gasteiger partial charge in [-0.25, -0.2) is 0 Å². The Balaban J connectivity index is 0. The highest BCUT2D eigenvalue weighted by molar-refractivity contribution is 5.75. The molecule has 2 heterocycles. The van der Waals surface area contributed by atoms with Gasteiger partial charge in [-0.05, 0) is 12.8 Å². The van der Waals surface area contributed by atoms with E-state index in [9.17, 15) is 19.8 Å². The van der Waals surface area contributed by atoms with Gasteiger partial charge in [-0.1, -0.05) is 0 Å². The van der Waals surface area contributed by atoms with Gasteiger partial charge in [-0.15, -0.1) is 0 Å². The summed E-state index contributed by atoms with van der Waals surface area (Å²) in [5.74, 6) is -0.105. The van der Waals surface area contributed by atoms with Crippen molar-refractivity contribution in [3.63, 3.8) is 0 Å². The molecule has 2 fully saturated rings. The lowest BCUT2D eigenvalue weighted by Crippen LogP contribution is -2.50. The molecule has 0 spiro atoms. The maximum atomic E-state index is 11.8. The molecule has 0 radical (unpaired) electrons. The van der Waals surface area contributed by atoms with E-state index in [2.05, 4.69) is 10.6 Å². The molecule has 0 aliphatic carbocycles. The van der Waals surface area contributed by atoms with Gasteiger partial charge in [0.15, 0.2) is 6.29 Å². The third-order valence-corrected chi connectivity index (χ3v) is 5.37. The van der Waals surface area contributed by atoms with Crippen LogP contribution in [0.15, 0.2) is 0 Å². The van der Waals surface area contributed by atoms with E-state index in [-0.39, 0.29) is 56.7 Å². The Labute approximate surface area is 229 Å². The van der Waals surface area contributed by atoms with Crippen molar-refractivity contribution in [3.8, 4) is 0 Å². The summed E-state index contributed by atoms with van der Waals surface area (Å²) in [4.78, 5) is 29.5. The van der Waals surface area contributed by atoms with Crippen LogP contribution in [0.2, 0.25) is 0 Å². The van der Waals surface area contributed by atoms with E-state index in [1.165, 1.54) is 6.92 Å². The van der Waals surface area contributed by atoms with E-state index in [1.807, 2.05) is 6.79 Å². The van der Waals surface area contributed by atoms with Gasteiger partial charge in [-0.2, -0.15) is 0 Å². The maximum Gasteiger partial charge on any atom is 0.222 e. The molecule has 0 aromatic rings. The highest BCUT2D eigenvalue weighted by atomic mass is 16.7. The predicted molar refractivity (Wildman–Crippen MR) is 138 cm³/mol. The Morgan fingerprint density at radius 1 is 0.923 bits per heavy atom. The van der Waals surface area contributed by atoms with Gasteiger partial charge >= 0.3 is 0 Å². The Morgan fingerprint density at radius 2 is 1.49 bits per heavy atom. The second-order valence-corrected chi connectivity index (χ2v) is 8.18. The Bertz CT molecular complexity index is 602. The first kappa shape index (κ1) is 39.4. The predicted octanol–water partition coefficient (Wildman–Crippen LogP) is -2.91. The molecule has 0 aromatic heterocycles. The SMILES string of the molecule is C=O.CNC(C)=O.CO.O=C(CCOCCOCCOC1CC(O)C(O)C(CO)O1)NCC1CCC(CO)O1. The maximum absolute atomic E-state index is 11.8. The molecule has 2 saturated heterocycles. The minimum Gasteiger partial charge on any atom is -0.400 e. The highest BCUT2D eigenvalue weighted by Gasteiger charge is 2.36. The van der Waals surface area contributed by atoms with Crippen LogP contribution in [0.1, 0.15) is 32.6 Å². The minimum absolute atomic E-state index is 0.00463. The van der Waals surface area contributed by atoms with Gasteiger partial charge in [0.25, 0.3) is 0 Å². The number of amides is 2. The number of hydrogen-bond donors (Lipinski definition) is 7. The topological polar surface area (TPSA) is 223 Å². The van der Waals surface area contributed by atoms with Crippen LogP contribution in [-0.2, 0) is 38.1 Å². The quantitative estimate of drug-likeness (QED) is 0.104.